The van der Waals surface area contributed by atoms with Crippen LogP contribution in [-0.4, -0.2) is 44.1 Å². The van der Waals surface area contributed by atoms with E-state index in [-0.39, 0.29) is 41.0 Å². The highest BCUT2D eigenvalue weighted by atomic mass is 32.2. The van der Waals surface area contributed by atoms with Gasteiger partial charge in [0.15, 0.2) is 0 Å². The minimum atomic E-state index is -3.82. The van der Waals surface area contributed by atoms with Gasteiger partial charge < -0.3 is 15.8 Å². The van der Waals surface area contributed by atoms with Crippen LogP contribution >= 0.6 is 11.3 Å². The molecule has 3 rings (SSSR count). The van der Waals surface area contributed by atoms with Crippen LogP contribution in [0.15, 0.2) is 29.3 Å². The van der Waals surface area contributed by atoms with Crippen molar-refractivity contribution in [3.8, 4) is 10.4 Å². The zero-order valence-electron chi connectivity index (χ0n) is 19.0. The smallest absolute Gasteiger partial charge is 0.404 e. The standard InChI is InChI=1S/C22H30N4O5S2/c1-4-25-33(29,30)19-11-15(20(27)26-13(2)3)7-10-17(19)18-12-24-21(32-18)14-5-8-16(9-6-14)31-22(23)28/h7,10-14,16,25H,4-6,8-9H2,1-3H3,(H2,23,28)(H,26,27)/t14-,16-. The number of sulfonamides is 1. The summed E-state index contributed by atoms with van der Waals surface area (Å²) in [5, 5.41) is 3.70. The molecule has 1 aliphatic rings. The SMILES string of the molecule is CCNS(=O)(=O)c1cc(C(=O)NC(C)C)ccc1-c1cnc([C@H]2CC[C@H](OC(N)=O)CC2)s1. The van der Waals surface area contributed by atoms with E-state index in [4.69, 9.17) is 10.5 Å². The second-order valence-corrected chi connectivity index (χ2v) is 11.1. The van der Waals surface area contributed by atoms with E-state index in [1.807, 2.05) is 13.8 Å². The third-order valence-electron chi connectivity index (χ3n) is 5.38. The first-order chi connectivity index (χ1) is 15.6. The summed E-state index contributed by atoms with van der Waals surface area (Å²) in [4.78, 5) is 28.8. The minimum absolute atomic E-state index is 0.0505. The molecule has 11 heteroatoms. The molecule has 0 bridgehead atoms. The molecule has 1 heterocycles. The Hall–Kier alpha value is -2.50. The van der Waals surface area contributed by atoms with Crippen LogP contribution in [0.4, 0.5) is 4.79 Å². The second-order valence-electron chi connectivity index (χ2n) is 8.31. The van der Waals surface area contributed by atoms with Crippen LogP contribution in [0.25, 0.3) is 10.4 Å². The van der Waals surface area contributed by atoms with Crippen LogP contribution in [0.2, 0.25) is 0 Å². The van der Waals surface area contributed by atoms with Crippen molar-refractivity contribution in [2.75, 3.05) is 6.54 Å². The van der Waals surface area contributed by atoms with E-state index in [1.165, 1.54) is 17.4 Å². The van der Waals surface area contributed by atoms with Gasteiger partial charge in [-0.05, 0) is 51.7 Å². The summed E-state index contributed by atoms with van der Waals surface area (Å²) >= 11 is 1.44. The van der Waals surface area contributed by atoms with Crippen LogP contribution < -0.4 is 15.8 Å². The summed E-state index contributed by atoms with van der Waals surface area (Å²) < 4.78 is 33.5. The van der Waals surface area contributed by atoms with E-state index in [2.05, 4.69) is 15.0 Å². The van der Waals surface area contributed by atoms with Crippen molar-refractivity contribution >= 4 is 33.4 Å². The fourth-order valence-electron chi connectivity index (χ4n) is 3.90. The molecule has 0 radical (unpaired) electrons. The van der Waals surface area contributed by atoms with Crippen molar-refractivity contribution in [2.24, 2.45) is 5.73 Å². The van der Waals surface area contributed by atoms with Crippen molar-refractivity contribution in [3.05, 3.63) is 35.0 Å². The van der Waals surface area contributed by atoms with Gasteiger partial charge in [-0.15, -0.1) is 11.3 Å². The largest absolute Gasteiger partial charge is 0.446 e. The highest BCUT2D eigenvalue weighted by molar-refractivity contribution is 7.89. The number of thiazole rings is 1. The highest BCUT2D eigenvalue weighted by Crippen LogP contribution is 2.40. The average molecular weight is 495 g/mol. The molecule has 0 saturated heterocycles. The first kappa shape index (κ1) is 25.1. The number of nitrogens with two attached hydrogens (primary N) is 1. The zero-order valence-corrected chi connectivity index (χ0v) is 20.6. The fourth-order valence-corrected chi connectivity index (χ4v) is 6.37. The molecule has 1 saturated carbocycles. The third kappa shape index (κ3) is 6.30. The van der Waals surface area contributed by atoms with Crippen LogP contribution in [0.5, 0.6) is 0 Å². The molecule has 0 unspecified atom stereocenters. The Morgan fingerprint density at radius 1 is 1.24 bits per heavy atom. The molecule has 1 aromatic heterocycles. The Morgan fingerprint density at radius 2 is 1.94 bits per heavy atom. The monoisotopic (exact) mass is 494 g/mol. The Kier molecular flexibility index (Phi) is 8.09. The molecule has 2 aromatic rings. The van der Waals surface area contributed by atoms with Gasteiger partial charge in [0.2, 0.25) is 10.0 Å². The lowest BCUT2D eigenvalue weighted by Gasteiger charge is -2.26. The molecule has 0 aliphatic heterocycles. The Morgan fingerprint density at radius 3 is 2.55 bits per heavy atom. The Bertz CT molecular complexity index is 1110. The highest BCUT2D eigenvalue weighted by Gasteiger charge is 2.28. The number of aromatic nitrogens is 1. The van der Waals surface area contributed by atoms with Crippen molar-refractivity contribution in [1.29, 1.82) is 0 Å². The zero-order chi connectivity index (χ0) is 24.2. The van der Waals surface area contributed by atoms with Crippen molar-refractivity contribution in [2.45, 2.75) is 69.4 Å². The third-order valence-corrected chi connectivity index (χ3v) is 8.16. The summed E-state index contributed by atoms with van der Waals surface area (Å²) in [6.45, 7) is 5.62. The minimum Gasteiger partial charge on any atom is -0.446 e. The molecular weight excluding hydrogens is 464 g/mol. The normalized spacial score (nSPS) is 18.8. The second kappa shape index (κ2) is 10.6. The van der Waals surface area contributed by atoms with Gasteiger partial charge in [-0.1, -0.05) is 13.0 Å². The Balaban J connectivity index is 1.89. The number of hydrogen-bond donors (Lipinski definition) is 3. The van der Waals surface area contributed by atoms with Gasteiger partial charge in [-0.3, -0.25) is 4.79 Å². The number of amides is 2. The number of nitrogens with one attached hydrogen (secondary N) is 2. The lowest BCUT2D eigenvalue weighted by atomic mass is 9.88. The molecule has 1 aromatic carbocycles. The van der Waals surface area contributed by atoms with Gasteiger partial charge in [0, 0.05) is 35.8 Å². The van der Waals surface area contributed by atoms with E-state index in [0.29, 0.717) is 23.3 Å². The fraction of sp³-hybridized carbons (Fsp3) is 0.500. The summed E-state index contributed by atoms with van der Waals surface area (Å²) in [6, 6.07) is 4.63. The lowest BCUT2D eigenvalue weighted by molar-refractivity contribution is 0.0786. The van der Waals surface area contributed by atoms with Crippen LogP contribution in [0.1, 0.15) is 67.7 Å². The van der Waals surface area contributed by atoms with Gasteiger partial charge in [0.1, 0.15) is 6.10 Å². The van der Waals surface area contributed by atoms with Gasteiger partial charge in [-0.25, -0.2) is 22.9 Å². The lowest BCUT2D eigenvalue weighted by Crippen LogP contribution is -2.30. The molecule has 9 nitrogen and oxygen atoms in total. The van der Waals surface area contributed by atoms with Crippen LogP contribution in [0.3, 0.4) is 0 Å². The average Bonchev–Trinajstić information content (AvgIpc) is 3.23. The first-order valence-corrected chi connectivity index (χ1v) is 13.3. The van der Waals surface area contributed by atoms with Gasteiger partial charge in [0.05, 0.1) is 14.8 Å². The van der Waals surface area contributed by atoms with Gasteiger partial charge >= 0.3 is 6.09 Å². The molecule has 1 fully saturated rings. The number of nitrogens with zero attached hydrogens (tertiary/aromatic N) is 1. The molecule has 0 atom stereocenters. The molecule has 33 heavy (non-hydrogen) atoms. The Labute approximate surface area is 198 Å². The maximum atomic E-state index is 12.9. The van der Waals surface area contributed by atoms with Crippen molar-refractivity contribution < 1.29 is 22.7 Å². The van der Waals surface area contributed by atoms with E-state index >= 15 is 0 Å². The maximum absolute atomic E-state index is 12.9. The molecule has 1 aliphatic carbocycles. The molecule has 2 amide bonds. The number of benzene rings is 1. The molecule has 0 spiro atoms. The summed E-state index contributed by atoms with van der Waals surface area (Å²) in [7, 11) is -3.82. The van der Waals surface area contributed by atoms with Gasteiger partial charge in [-0.2, -0.15) is 0 Å². The van der Waals surface area contributed by atoms with E-state index in [1.54, 1.807) is 25.3 Å². The van der Waals surface area contributed by atoms with Crippen molar-refractivity contribution in [1.82, 2.24) is 15.0 Å². The summed E-state index contributed by atoms with van der Waals surface area (Å²) in [6.07, 6.45) is 3.79. The first-order valence-electron chi connectivity index (χ1n) is 11.0. The molecule has 4 N–H and O–H groups in total. The van der Waals surface area contributed by atoms with Crippen molar-refractivity contribution in [3.63, 3.8) is 0 Å². The number of primary amides is 1. The summed E-state index contributed by atoms with van der Waals surface area (Å²) in [5.74, 6) is -0.120. The topological polar surface area (TPSA) is 140 Å². The van der Waals surface area contributed by atoms with E-state index < -0.39 is 16.1 Å². The van der Waals surface area contributed by atoms with Crippen LogP contribution in [-0.2, 0) is 14.8 Å². The summed E-state index contributed by atoms with van der Waals surface area (Å²) in [5.41, 5.74) is 5.89. The number of carbonyl (C=O) groups excluding carboxylic acids is 2. The maximum Gasteiger partial charge on any atom is 0.404 e. The number of ether oxygens (including phenoxy) is 1. The molecular formula is C22H30N4O5S2. The predicted molar refractivity (Wildman–Crippen MR) is 127 cm³/mol. The quantitative estimate of drug-likeness (QED) is 0.514. The predicted octanol–water partition coefficient (Wildman–Crippen LogP) is 3.37. The van der Waals surface area contributed by atoms with E-state index in [9.17, 15) is 18.0 Å². The van der Waals surface area contributed by atoms with E-state index in [0.717, 1.165) is 17.8 Å². The number of rotatable bonds is 8. The number of hydrogen-bond acceptors (Lipinski definition) is 7. The number of carbonyl (C=O) groups is 2. The molecule has 180 valence electrons. The van der Waals surface area contributed by atoms with Gasteiger partial charge in [0.25, 0.3) is 5.91 Å². The van der Waals surface area contributed by atoms with Crippen LogP contribution in [0, 0.1) is 0 Å².